The molecule has 0 spiro atoms. The first kappa shape index (κ1) is 16.3. The molecular weight excluding hydrogens is 260 g/mol. The van der Waals surface area contributed by atoms with Gasteiger partial charge >= 0.3 is 0 Å². The van der Waals surface area contributed by atoms with Gasteiger partial charge in [0.2, 0.25) is 5.88 Å². The number of hydrogen-bond donors (Lipinski definition) is 1. The van der Waals surface area contributed by atoms with Gasteiger partial charge in [-0.1, -0.05) is 20.8 Å². The van der Waals surface area contributed by atoms with E-state index in [1.807, 2.05) is 6.20 Å². The summed E-state index contributed by atoms with van der Waals surface area (Å²) < 4.78 is 6.00. The Bertz CT molecular complexity index is 465. The van der Waals surface area contributed by atoms with E-state index in [4.69, 9.17) is 4.74 Å². The van der Waals surface area contributed by atoms with E-state index in [0.29, 0.717) is 12.1 Å². The average Bonchev–Trinajstić information content (AvgIpc) is 2.22. The van der Waals surface area contributed by atoms with Crippen LogP contribution in [0.25, 0.3) is 0 Å². The van der Waals surface area contributed by atoms with Crippen molar-refractivity contribution in [3.8, 4) is 5.88 Å². The highest BCUT2D eigenvalue weighted by atomic mass is 16.5. The quantitative estimate of drug-likeness (QED) is 0.911. The summed E-state index contributed by atoms with van der Waals surface area (Å²) in [6.45, 7) is 13.4. The third-order valence-corrected chi connectivity index (χ3v) is 3.55. The summed E-state index contributed by atoms with van der Waals surface area (Å²) in [5.74, 6) is 0.774. The van der Waals surface area contributed by atoms with E-state index in [2.05, 4.69) is 64.0 Å². The van der Waals surface area contributed by atoms with Crippen LogP contribution in [0, 0.1) is 5.41 Å². The maximum atomic E-state index is 6.00. The van der Waals surface area contributed by atoms with Crippen molar-refractivity contribution in [1.82, 2.24) is 10.3 Å². The van der Waals surface area contributed by atoms with Gasteiger partial charge in [0.1, 0.15) is 6.10 Å². The Morgan fingerprint density at radius 2 is 1.86 bits per heavy atom. The van der Waals surface area contributed by atoms with Gasteiger partial charge in [-0.15, -0.1) is 0 Å². The molecule has 1 N–H and O–H groups in total. The first-order valence-electron chi connectivity index (χ1n) is 8.00. The van der Waals surface area contributed by atoms with Gasteiger partial charge in [-0.2, -0.15) is 0 Å². The van der Waals surface area contributed by atoms with Crippen LogP contribution in [0.2, 0.25) is 0 Å². The minimum absolute atomic E-state index is 0.181. The molecule has 1 aromatic rings. The number of nitrogens with one attached hydrogen (secondary N) is 1. The number of pyridine rings is 1. The molecular formula is C18H30N2O. The van der Waals surface area contributed by atoms with E-state index in [1.165, 1.54) is 5.56 Å². The molecule has 0 unspecified atom stereocenters. The van der Waals surface area contributed by atoms with E-state index in [-0.39, 0.29) is 11.0 Å². The second-order valence-electron chi connectivity index (χ2n) is 8.54. The zero-order valence-electron chi connectivity index (χ0n) is 14.4. The Morgan fingerprint density at radius 1 is 1.19 bits per heavy atom. The van der Waals surface area contributed by atoms with Crippen LogP contribution in [0.1, 0.15) is 59.9 Å². The maximum Gasteiger partial charge on any atom is 0.213 e. The molecule has 1 saturated carbocycles. The van der Waals surface area contributed by atoms with Crippen molar-refractivity contribution in [3.63, 3.8) is 0 Å². The summed E-state index contributed by atoms with van der Waals surface area (Å²) >= 11 is 0. The number of nitrogens with zero attached hydrogens (tertiary/aromatic N) is 1. The fourth-order valence-electron chi connectivity index (χ4n) is 2.80. The molecule has 1 aromatic heterocycles. The lowest BCUT2D eigenvalue weighted by molar-refractivity contribution is 0.0693. The van der Waals surface area contributed by atoms with E-state index >= 15 is 0 Å². The summed E-state index contributed by atoms with van der Waals surface area (Å²) in [6, 6.07) is 4.76. The molecule has 0 aliphatic heterocycles. The van der Waals surface area contributed by atoms with Crippen molar-refractivity contribution in [2.24, 2.45) is 5.41 Å². The van der Waals surface area contributed by atoms with Crippen molar-refractivity contribution in [2.45, 2.75) is 78.5 Å². The molecule has 2 rings (SSSR count). The van der Waals surface area contributed by atoms with Crippen LogP contribution in [0.4, 0.5) is 0 Å². The SMILES string of the molecule is CC(C)(C)Cc1ccnc(O[C@H]2C[C@@H](NC(C)(C)C)C2)c1. The minimum Gasteiger partial charge on any atom is -0.474 e. The minimum atomic E-state index is 0.181. The van der Waals surface area contributed by atoms with E-state index in [0.717, 1.165) is 25.1 Å². The Balaban J connectivity index is 1.84. The van der Waals surface area contributed by atoms with Gasteiger partial charge in [-0.05, 0) is 57.1 Å². The highest BCUT2D eigenvalue weighted by molar-refractivity contribution is 5.22. The molecule has 1 aliphatic rings. The highest BCUT2D eigenvalue weighted by Crippen LogP contribution is 2.28. The van der Waals surface area contributed by atoms with Crippen molar-refractivity contribution >= 4 is 0 Å². The van der Waals surface area contributed by atoms with Crippen LogP contribution in [-0.2, 0) is 6.42 Å². The van der Waals surface area contributed by atoms with Gasteiger partial charge < -0.3 is 10.1 Å². The van der Waals surface area contributed by atoms with E-state index in [9.17, 15) is 0 Å². The molecule has 118 valence electrons. The molecule has 0 saturated heterocycles. The van der Waals surface area contributed by atoms with Gasteiger partial charge in [0.25, 0.3) is 0 Å². The fourth-order valence-corrected chi connectivity index (χ4v) is 2.80. The summed E-state index contributed by atoms with van der Waals surface area (Å²) in [7, 11) is 0. The van der Waals surface area contributed by atoms with Crippen LogP contribution < -0.4 is 10.1 Å². The zero-order chi connectivity index (χ0) is 15.7. The van der Waals surface area contributed by atoms with Gasteiger partial charge in [0.15, 0.2) is 0 Å². The van der Waals surface area contributed by atoms with Crippen LogP contribution in [-0.4, -0.2) is 22.7 Å². The topological polar surface area (TPSA) is 34.1 Å². The predicted molar refractivity (Wildman–Crippen MR) is 87.7 cm³/mol. The van der Waals surface area contributed by atoms with Crippen molar-refractivity contribution in [2.75, 3.05) is 0 Å². The second-order valence-corrected chi connectivity index (χ2v) is 8.54. The molecule has 0 aromatic carbocycles. The first-order valence-corrected chi connectivity index (χ1v) is 8.00. The normalized spacial score (nSPS) is 22.8. The van der Waals surface area contributed by atoms with Crippen LogP contribution in [0.3, 0.4) is 0 Å². The lowest BCUT2D eigenvalue weighted by Crippen LogP contribution is -2.53. The predicted octanol–water partition coefficient (Wildman–Crippen LogP) is 3.97. The largest absolute Gasteiger partial charge is 0.474 e. The standard InChI is InChI=1S/C18H30N2O/c1-17(2,3)12-13-7-8-19-16(9-13)21-15-10-14(11-15)20-18(4,5)6/h7-9,14-15,20H,10-12H2,1-6H3/t14-,15+. The van der Waals surface area contributed by atoms with Gasteiger partial charge in [0, 0.05) is 23.8 Å². The third kappa shape index (κ3) is 5.66. The fraction of sp³-hybridized carbons (Fsp3) is 0.722. The summed E-state index contributed by atoms with van der Waals surface area (Å²) in [5.41, 5.74) is 1.77. The molecule has 1 heterocycles. The van der Waals surface area contributed by atoms with Gasteiger partial charge in [-0.3, -0.25) is 0 Å². The lowest BCUT2D eigenvalue weighted by atomic mass is 9.87. The Labute approximate surface area is 129 Å². The third-order valence-electron chi connectivity index (χ3n) is 3.55. The Hall–Kier alpha value is -1.09. The molecule has 3 nitrogen and oxygen atoms in total. The van der Waals surface area contributed by atoms with Crippen molar-refractivity contribution in [1.29, 1.82) is 0 Å². The average molecular weight is 290 g/mol. The molecule has 1 fully saturated rings. The zero-order valence-corrected chi connectivity index (χ0v) is 14.4. The lowest BCUT2D eigenvalue weighted by Gasteiger charge is -2.39. The van der Waals surface area contributed by atoms with Crippen LogP contribution in [0.5, 0.6) is 5.88 Å². The van der Waals surface area contributed by atoms with E-state index in [1.54, 1.807) is 0 Å². The van der Waals surface area contributed by atoms with Crippen molar-refractivity contribution < 1.29 is 4.74 Å². The molecule has 0 bridgehead atoms. The summed E-state index contributed by atoms with van der Waals surface area (Å²) in [6.07, 6.45) is 5.36. The monoisotopic (exact) mass is 290 g/mol. The van der Waals surface area contributed by atoms with Gasteiger partial charge in [0.05, 0.1) is 0 Å². The van der Waals surface area contributed by atoms with Crippen LogP contribution >= 0.6 is 0 Å². The molecule has 21 heavy (non-hydrogen) atoms. The summed E-state index contributed by atoms with van der Waals surface area (Å²) in [4.78, 5) is 4.35. The Kier molecular flexibility index (Phi) is 4.62. The second kappa shape index (κ2) is 5.96. The Morgan fingerprint density at radius 3 is 2.43 bits per heavy atom. The molecule has 1 aliphatic carbocycles. The number of hydrogen-bond acceptors (Lipinski definition) is 3. The van der Waals surface area contributed by atoms with Crippen LogP contribution in [0.15, 0.2) is 18.3 Å². The van der Waals surface area contributed by atoms with E-state index < -0.39 is 0 Å². The number of rotatable bonds is 4. The number of aromatic nitrogens is 1. The highest BCUT2D eigenvalue weighted by Gasteiger charge is 2.33. The molecule has 0 radical (unpaired) electrons. The number of ether oxygens (including phenoxy) is 1. The maximum absolute atomic E-state index is 6.00. The summed E-state index contributed by atoms with van der Waals surface area (Å²) in [5, 5.41) is 3.61. The molecule has 0 amide bonds. The molecule has 0 atom stereocenters. The molecule has 3 heteroatoms. The smallest absolute Gasteiger partial charge is 0.213 e. The van der Waals surface area contributed by atoms with Gasteiger partial charge in [-0.25, -0.2) is 4.98 Å². The van der Waals surface area contributed by atoms with Crippen molar-refractivity contribution in [3.05, 3.63) is 23.9 Å². The first-order chi connectivity index (χ1) is 9.61.